The number of rotatable bonds is 4. The van der Waals surface area contributed by atoms with Crippen molar-refractivity contribution >= 4 is 56.1 Å². The fourth-order valence-corrected chi connectivity index (χ4v) is 3.90. The third kappa shape index (κ3) is 3.33. The maximum absolute atomic E-state index is 12.6. The second-order valence-electron chi connectivity index (χ2n) is 6.24. The van der Waals surface area contributed by atoms with Gasteiger partial charge in [-0.05, 0) is 20.8 Å². The number of hydrogen-bond donors (Lipinski definition) is 3. The average molecular weight is 412 g/mol. The summed E-state index contributed by atoms with van der Waals surface area (Å²) in [5.74, 6) is -0.443. The van der Waals surface area contributed by atoms with Gasteiger partial charge in [-0.2, -0.15) is 0 Å². The van der Waals surface area contributed by atoms with E-state index >= 15 is 0 Å². The molecule has 4 heterocycles. The zero-order chi connectivity index (χ0) is 20.7. The van der Waals surface area contributed by atoms with Crippen LogP contribution in [0.2, 0.25) is 0 Å². The summed E-state index contributed by atoms with van der Waals surface area (Å²) in [5.41, 5.74) is 7.92. The van der Waals surface area contributed by atoms with E-state index in [0.29, 0.717) is 32.9 Å². The molecule has 4 N–H and O–H groups in total. The molecule has 0 saturated heterocycles. The van der Waals surface area contributed by atoms with E-state index in [4.69, 9.17) is 10.5 Å². The number of carbonyl (C=O) groups is 2. The van der Waals surface area contributed by atoms with E-state index < -0.39 is 18.0 Å². The van der Waals surface area contributed by atoms with Gasteiger partial charge in [-0.3, -0.25) is 4.79 Å². The number of thiophene rings is 1. The second-order valence-corrected chi connectivity index (χ2v) is 7.24. The fourth-order valence-electron chi connectivity index (χ4n) is 2.83. The summed E-state index contributed by atoms with van der Waals surface area (Å²) in [5, 5.41) is 3.21. The highest BCUT2D eigenvalue weighted by Gasteiger charge is 2.25. The molecule has 0 aliphatic carbocycles. The number of imidazole rings is 1. The molecule has 0 aliphatic rings. The van der Waals surface area contributed by atoms with E-state index in [2.05, 4.69) is 35.2 Å². The number of fused-ring (bicyclic) bond motifs is 2. The molecule has 0 radical (unpaired) electrons. The quantitative estimate of drug-likeness (QED) is 0.424. The molecule has 11 nitrogen and oxygen atoms in total. The number of aromatic nitrogens is 6. The van der Waals surface area contributed by atoms with E-state index in [-0.39, 0.29) is 16.4 Å². The van der Waals surface area contributed by atoms with Crippen molar-refractivity contribution < 1.29 is 14.3 Å². The maximum Gasteiger partial charge on any atom is 0.351 e. The number of amides is 1. The number of aromatic amines is 1. The van der Waals surface area contributed by atoms with Crippen LogP contribution in [0.25, 0.3) is 21.4 Å². The van der Waals surface area contributed by atoms with Gasteiger partial charge in [0.25, 0.3) is 5.91 Å². The van der Waals surface area contributed by atoms with Crippen molar-refractivity contribution in [3.63, 3.8) is 0 Å². The van der Waals surface area contributed by atoms with Crippen LogP contribution in [0, 0.1) is 13.8 Å². The number of esters is 1. The predicted molar refractivity (Wildman–Crippen MR) is 106 cm³/mol. The topological polar surface area (TPSA) is 162 Å². The van der Waals surface area contributed by atoms with Crippen LogP contribution in [0.3, 0.4) is 0 Å². The number of anilines is 2. The molecule has 0 saturated carbocycles. The minimum atomic E-state index is -1.09. The van der Waals surface area contributed by atoms with Gasteiger partial charge < -0.3 is 20.8 Å². The molecule has 1 atom stereocenters. The molecule has 1 amide bonds. The van der Waals surface area contributed by atoms with Crippen molar-refractivity contribution in [3.8, 4) is 0 Å². The monoisotopic (exact) mass is 412 g/mol. The molecule has 4 aromatic rings. The van der Waals surface area contributed by atoms with Gasteiger partial charge >= 0.3 is 5.97 Å². The summed E-state index contributed by atoms with van der Waals surface area (Å²) in [6, 6.07) is 0. The Labute approximate surface area is 167 Å². The molecule has 1 unspecified atom stereocenters. The Hall–Kier alpha value is -3.67. The third-order valence-electron chi connectivity index (χ3n) is 4.18. The lowest BCUT2D eigenvalue weighted by atomic mass is 10.2. The Morgan fingerprint density at radius 3 is 2.83 bits per heavy atom. The van der Waals surface area contributed by atoms with Gasteiger partial charge in [0.05, 0.1) is 23.1 Å². The number of ether oxygens (including phenoxy) is 1. The first kappa shape index (κ1) is 18.7. The van der Waals surface area contributed by atoms with Crippen molar-refractivity contribution in [3.05, 3.63) is 29.1 Å². The van der Waals surface area contributed by atoms with E-state index in [0.717, 1.165) is 11.3 Å². The van der Waals surface area contributed by atoms with Crippen molar-refractivity contribution in [1.29, 1.82) is 0 Å². The van der Waals surface area contributed by atoms with Crippen LogP contribution >= 0.6 is 11.3 Å². The largest absolute Gasteiger partial charge is 0.448 e. The molecule has 12 heteroatoms. The summed E-state index contributed by atoms with van der Waals surface area (Å²) in [6.45, 7) is 5.01. The lowest BCUT2D eigenvalue weighted by molar-refractivity contribution is -0.123. The summed E-state index contributed by atoms with van der Waals surface area (Å²) in [6.07, 6.45) is 1.63. The second kappa shape index (κ2) is 7.05. The normalized spacial score (nSPS) is 12.2. The molecule has 29 heavy (non-hydrogen) atoms. The number of nitrogen functional groups attached to an aromatic ring is 1. The lowest BCUT2D eigenvalue weighted by Gasteiger charge is -2.13. The molecule has 0 aliphatic heterocycles. The zero-order valence-corrected chi connectivity index (χ0v) is 16.5. The summed E-state index contributed by atoms with van der Waals surface area (Å²) in [4.78, 5) is 49.3. The van der Waals surface area contributed by atoms with Gasteiger partial charge in [-0.1, -0.05) is 0 Å². The predicted octanol–water partition coefficient (Wildman–Crippen LogP) is 1.74. The van der Waals surface area contributed by atoms with E-state index in [1.165, 1.54) is 19.6 Å². The van der Waals surface area contributed by atoms with Crippen molar-refractivity contribution in [2.45, 2.75) is 26.9 Å². The van der Waals surface area contributed by atoms with Gasteiger partial charge in [0.15, 0.2) is 17.6 Å². The molecular formula is C17H16N8O3S. The van der Waals surface area contributed by atoms with Crippen molar-refractivity contribution in [1.82, 2.24) is 29.9 Å². The Morgan fingerprint density at radius 2 is 2.03 bits per heavy atom. The zero-order valence-electron chi connectivity index (χ0n) is 15.7. The van der Waals surface area contributed by atoms with Crippen LogP contribution in [0.15, 0.2) is 12.7 Å². The first-order valence-corrected chi connectivity index (χ1v) is 9.36. The standard InChI is InChI=1S/C17H16N8O3S/c1-6-9-10(18)12(29-16(9)24-8(3)23-6)17(27)28-7(2)15(26)25-14-11-13(20-4-19-11)21-5-22-14/h4-5,7H,18H2,1-3H3,(H2,19,20,21,22,25,26). The molecule has 0 aromatic carbocycles. The number of nitrogens with two attached hydrogens (primary N) is 1. The highest BCUT2D eigenvalue weighted by atomic mass is 32.1. The van der Waals surface area contributed by atoms with E-state index in [1.807, 2.05) is 0 Å². The molecule has 148 valence electrons. The van der Waals surface area contributed by atoms with E-state index in [9.17, 15) is 9.59 Å². The van der Waals surface area contributed by atoms with Crippen LogP contribution in [0.5, 0.6) is 0 Å². The van der Waals surface area contributed by atoms with E-state index in [1.54, 1.807) is 13.8 Å². The number of hydrogen-bond acceptors (Lipinski definition) is 10. The molecule has 0 bridgehead atoms. The average Bonchev–Trinajstić information content (AvgIpc) is 3.26. The number of nitrogens with zero attached hydrogens (tertiary/aromatic N) is 5. The highest BCUT2D eigenvalue weighted by Crippen LogP contribution is 2.34. The summed E-state index contributed by atoms with van der Waals surface area (Å²) >= 11 is 1.10. The summed E-state index contributed by atoms with van der Waals surface area (Å²) < 4.78 is 5.31. The van der Waals surface area contributed by atoms with Crippen LogP contribution < -0.4 is 11.1 Å². The van der Waals surface area contributed by atoms with Gasteiger partial charge in [-0.25, -0.2) is 29.7 Å². The minimum Gasteiger partial charge on any atom is -0.448 e. The van der Waals surface area contributed by atoms with Gasteiger partial charge in [0.1, 0.15) is 27.4 Å². The van der Waals surface area contributed by atoms with Crippen LogP contribution in [0.4, 0.5) is 11.5 Å². The first-order valence-electron chi connectivity index (χ1n) is 8.54. The minimum absolute atomic E-state index is 0.181. The first-order chi connectivity index (χ1) is 13.8. The SMILES string of the molecule is Cc1nc(C)c2c(N)c(C(=O)OC(C)C(=O)Nc3ncnc4nc[nH]c34)sc2n1. The van der Waals surface area contributed by atoms with Crippen LogP contribution in [-0.4, -0.2) is 47.9 Å². The maximum atomic E-state index is 12.6. The molecule has 4 rings (SSSR count). The Bertz CT molecular complexity index is 1260. The molecular weight excluding hydrogens is 396 g/mol. The highest BCUT2D eigenvalue weighted by molar-refractivity contribution is 7.21. The van der Waals surface area contributed by atoms with Crippen LogP contribution in [-0.2, 0) is 9.53 Å². The van der Waals surface area contributed by atoms with Gasteiger partial charge in [0, 0.05) is 0 Å². The molecule has 4 aromatic heterocycles. The molecule has 0 fully saturated rings. The van der Waals surface area contributed by atoms with Gasteiger partial charge in [0.2, 0.25) is 0 Å². The number of H-pyrrole nitrogens is 1. The fraction of sp³-hybridized carbons (Fsp3) is 0.235. The van der Waals surface area contributed by atoms with Crippen molar-refractivity contribution in [2.24, 2.45) is 0 Å². The Kier molecular flexibility index (Phi) is 4.54. The Morgan fingerprint density at radius 1 is 1.24 bits per heavy atom. The number of aryl methyl sites for hydroxylation is 2. The number of nitrogens with one attached hydrogen (secondary N) is 2. The third-order valence-corrected chi connectivity index (χ3v) is 5.26. The van der Waals surface area contributed by atoms with Gasteiger partial charge in [-0.15, -0.1) is 11.3 Å². The van der Waals surface area contributed by atoms with Crippen LogP contribution in [0.1, 0.15) is 28.1 Å². The number of carbonyl (C=O) groups excluding carboxylic acids is 2. The lowest BCUT2D eigenvalue weighted by Crippen LogP contribution is -2.30. The van der Waals surface area contributed by atoms with Crippen molar-refractivity contribution in [2.75, 3.05) is 11.1 Å². The molecule has 0 spiro atoms. The Balaban J connectivity index is 1.53. The smallest absolute Gasteiger partial charge is 0.351 e. The summed E-state index contributed by atoms with van der Waals surface area (Å²) in [7, 11) is 0.